The number of carbonyl (C=O) groups excluding carboxylic acids is 1. The quantitative estimate of drug-likeness (QED) is 0.733. The number of halogens is 1. The van der Waals surface area contributed by atoms with Gasteiger partial charge < -0.3 is 11.5 Å². The third-order valence-corrected chi connectivity index (χ3v) is 2.40. The van der Waals surface area contributed by atoms with Crippen LogP contribution in [0.1, 0.15) is 21.6 Å². The highest BCUT2D eigenvalue weighted by Crippen LogP contribution is 2.17. The van der Waals surface area contributed by atoms with Gasteiger partial charge in [0, 0.05) is 29.3 Å². The largest absolute Gasteiger partial charge is 0.382 e. The van der Waals surface area contributed by atoms with Crippen molar-refractivity contribution in [2.45, 2.75) is 6.42 Å². The molecule has 6 heteroatoms. The van der Waals surface area contributed by atoms with E-state index in [-0.39, 0.29) is 17.5 Å². The van der Waals surface area contributed by atoms with Gasteiger partial charge in [-0.15, -0.1) is 0 Å². The summed E-state index contributed by atoms with van der Waals surface area (Å²) in [6.07, 6.45) is 0.190. The summed E-state index contributed by atoms with van der Waals surface area (Å²) >= 11 is 0. The zero-order valence-corrected chi connectivity index (χ0v) is 8.90. The molecule has 0 spiro atoms. The first-order valence-electron chi connectivity index (χ1n) is 4.95. The highest BCUT2D eigenvalue weighted by molar-refractivity contribution is 5.94. The maximum absolute atomic E-state index is 13.6. The first kappa shape index (κ1) is 11.1. The summed E-state index contributed by atoms with van der Waals surface area (Å²) in [6, 6.07) is 5.79. The smallest absolute Gasteiger partial charge is 0.249 e. The van der Waals surface area contributed by atoms with Gasteiger partial charge in [0.15, 0.2) is 0 Å². The Balaban J connectivity index is 2.40. The number of primary amides is 1. The Morgan fingerprint density at radius 2 is 2.24 bits per heavy atom. The molecule has 1 aromatic carbocycles. The summed E-state index contributed by atoms with van der Waals surface area (Å²) < 4.78 is 13.6. The third kappa shape index (κ3) is 2.25. The Morgan fingerprint density at radius 1 is 1.47 bits per heavy atom. The predicted molar refractivity (Wildman–Crippen MR) is 60.7 cm³/mol. The molecule has 2 rings (SSSR count). The normalized spacial score (nSPS) is 10.4. The number of carbonyl (C=O) groups is 1. The Morgan fingerprint density at radius 3 is 2.82 bits per heavy atom. The van der Waals surface area contributed by atoms with Crippen LogP contribution in [0, 0.1) is 5.82 Å². The van der Waals surface area contributed by atoms with Gasteiger partial charge in [0.25, 0.3) is 0 Å². The maximum atomic E-state index is 13.6. The van der Waals surface area contributed by atoms with Gasteiger partial charge >= 0.3 is 0 Å². The summed E-state index contributed by atoms with van der Waals surface area (Å²) in [6.45, 7) is 0. The van der Waals surface area contributed by atoms with Crippen LogP contribution in [0.2, 0.25) is 0 Å². The number of rotatable bonds is 3. The molecule has 0 aliphatic heterocycles. The number of aromatic amines is 1. The average molecular weight is 234 g/mol. The van der Waals surface area contributed by atoms with E-state index >= 15 is 0 Å². The van der Waals surface area contributed by atoms with Crippen molar-refractivity contribution < 1.29 is 9.18 Å². The number of aromatic nitrogens is 2. The third-order valence-electron chi connectivity index (χ3n) is 2.40. The summed E-state index contributed by atoms with van der Waals surface area (Å²) in [5.74, 6) is -0.821. The number of hydrogen-bond acceptors (Lipinski definition) is 3. The van der Waals surface area contributed by atoms with E-state index in [0.717, 1.165) is 0 Å². The minimum Gasteiger partial charge on any atom is -0.382 e. The van der Waals surface area contributed by atoms with Crippen LogP contribution >= 0.6 is 0 Å². The molecule has 0 atom stereocenters. The number of nitrogens with one attached hydrogen (secondary N) is 1. The molecule has 0 fully saturated rings. The Hall–Kier alpha value is -2.37. The van der Waals surface area contributed by atoms with Crippen molar-refractivity contribution in [2.75, 3.05) is 5.73 Å². The fraction of sp³-hybridized carbons (Fsp3) is 0.0909. The van der Waals surface area contributed by atoms with E-state index in [4.69, 9.17) is 11.5 Å². The van der Waals surface area contributed by atoms with E-state index in [2.05, 4.69) is 10.2 Å². The summed E-state index contributed by atoms with van der Waals surface area (Å²) in [5, 5.41) is 6.38. The van der Waals surface area contributed by atoms with Crippen molar-refractivity contribution >= 4 is 11.7 Å². The molecule has 17 heavy (non-hydrogen) atoms. The van der Waals surface area contributed by atoms with Crippen LogP contribution in [0.25, 0.3) is 0 Å². The fourth-order valence-electron chi connectivity index (χ4n) is 1.63. The lowest BCUT2D eigenvalue weighted by molar-refractivity contribution is 0.0999. The molecule has 88 valence electrons. The minimum atomic E-state index is -0.660. The van der Waals surface area contributed by atoms with Gasteiger partial charge in [-0.05, 0) is 12.1 Å². The molecule has 1 aromatic heterocycles. The molecule has 5 nitrogen and oxygen atoms in total. The molecule has 1 heterocycles. The van der Waals surface area contributed by atoms with Crippen LogP contribution in [0.4, 0.5) is 10.2 Å². The SMILES string of the molecule is NC(=O)c1cccc(F)c1Cc1cc(N)n[nH]1. The van der Waals surface area contributed by atoms with E-state index in [1.807, 2.05) is 0 Å². The van der Waals surface area contributed by atoms with E-state index in [1.54, 1.807) is 6.07 Å². The van der Waals surface area contributed by atoms with Gasteiger partial charge in [0.05, 0.1) is 0 Å². The first-order chi connectivity index (χ1) is 8.08. The van der Waals surface area contributed by atoms with Crippen LogP contribution in [0.3, 0.4) is 0 Å². The summed E-state index contributed by atoms with van der Waals surface area (Å²) in [5.41, 5.74) is 11.7. The number of anilines is 1. The van der Waals surface area contributed by atoms with Crippen molar-refractivity contribution in [3.8, 4) is 0 Å². The van der Waals surface area contributed by atoms with Gasteiger partial charge in [-0.2, -0.15) is 5.10 Å². The average Bonchev–Trinajstić information content (AvgIpc) is 2.67. The second-order valence-electron chi connectivity index (χ2n) is 3.63. The summed E-state index contributed by atoms with van der Waals surface area (Å²) in [4.78, 5) is 11.2. The van der Waals surface area contributed by atoms with Crippen molar-refractivity contribution in [2.24, 2.45) is 5.73 Å². The van der Waals surface area contributed by atoms with E-state index in [1.165, 1.54) is 18.2 Å². The second kappa shape index (κ2) is 4.25. The molecule has 0 radical (unpaired) electrons. The zero-order chi connectivity index (χ0) is 12.4. The van der Waals surface area contributed by atoms with Crippen molar-refractivity contribution in [1.29, 1.82) is 0 Å². The number of nitrogen functional groups attached to an aromatic ring is 1. The second-order valence-corrected chi connectivity index (χ2v) is 3.63. The van der Waals surface area contributed by atoms with E-state index < -0.39 is 11.7 Å². The highest BCUT2D eigenvalue weighted by Gasteiger charge is 2.13. The Kier molecular flexibility index (Phi) is 2.78. The molecule has 0 saturated carbocycles. The molecule has 2 aromatic rings. The standard InChI is InChI=1S/C11H11FN4O/c12-9-3-1-2-7(11(14)17)8(9)4-6-5-10(13)16-15-6/h1-3,5H,4H2,(H2,14,17)(H3,13,15,16). The van der Waals surface area contributed by atoms with Crippen LogP contribution < -0.4 is 11.5 Å². The number of hydrogen-bond donors (Lipinski definition) is 3. The number of nitrogens with zero attached hydrogens (tertiary/aromatic N) is 1. The van der Waals surface area contributed by atoms with Gasteiger partial charge in [-0.3, -0.25) is 9.89 Å². The lowest BCUT2D eigenvalue weighted by Crippen LogP contribution is -2.15. The lowest BCUT2D eigenvalue weighted by atomic mass is 10.0. The molecule has 5 N–H and O–H groups in total. The predicted octanol–water partition coefficient (Wildman–Crippen LogP) is 0.821. The molecule has 0 unspecified atom stereocenters. The number of benzene rings is 1. The highest BCUT2D eigenvalue weighted by atomic mass is 19.1. The number of amides is 1. The van der Waals surface area contributed by atoms with E-state index in [0.29, 0.717) is 11.5 Å². The molecular formula is C11H11FN4O. The van der Waals surface area contributed by atoms with Gasteiger partial charge in [0.1, 0.15) is 11.6 Å². The lowest BCUT2D eigenvalue weighted by Gasteiger charge is -2.06. The number of H-pyrrole nitrogens is 1. The van der Waals surface area contributed by atoms with E-state index in [9.17, 15) is 9.18 Å². The van der Waals surface area contributed by atoms with Crippen LogP contribution in [-0.2, 0) is 6.42 Å². The first-order valence-corrected chi connectivity index (χ1v) is 4.95. The topological polar surface area (TPSA) is 97.8 Å². The zero-order valence-electron chi connectivity index (χ0n) is 8.90. The monoisotopic (exact) mass is 234 g/mol. The van der Waals surface area contributed by atoms with Crippen LogP contribution in [0.5, 0.6) is 0 Å². The van der Waals surface area contributed by atoms with Gasteiger partial charge in [-0.25, -0.2) is 4.39 Å². The Bertz CT molecular complexity index is 564. The molecule has 0 aliphatic rings. The molecule has 0 aliphatic carbocycles. The fourth-order valence-corrected chi connectivity index (χ4v) is 1.63. The number of nitrogens with two attached hydrogens (primary N) is 2. The molecular weight excluding hydrogens is 223 g/mol. The van der Waals surface area contributed by atoms with Gasteiger partial charge in [0.2, 0.25) is 5.91 Å². The van der Waals surface area contributed by atoms with Crippen LogP contribution in [-0.4, -0.2) is 16.1 Å². The Labute approximate surface area is 96.6 Å². The molecule has 1 amide bonds. The van der Waals surface area contributed by atoms with Crippen molar-refractivity contribution in [3.05, 3.63) is 46.9 Å². The van der Waals surface area contributed by atoms with Crippen molar-refractivity contribution in [1.82, 2.24) is 10.2 Å². The maximum Gasteiger partial charge on any atom is 0.249 e. The minimum absolute atomic E-state index is 0.165. The van der Waals surface area contributed by atoms with Crippen molar-refractivity contribution in [3.63, 3.8) is 0 Å². The molecule has 0 bridgehead atoms. The summed E-state index contributed by atoms with van der Waals surface area (Å²) in [7, 11) is 0. The molecule has 0 saturated heterocycles. The van der Waals surface area contributed by atoms with Gasteiger partial charge in [-0.1, -0.05) is 6.07 Å². The van der Waals surface area contributed by atoms with Crippen LogP contribution in [0.15, 0.2) is 24.3 Å².